The average Bonchev–Trinajstić information content (AvgIpc) is 2.68. The molecule has 0 spiro atoms. The van der Waals surface area contributed by atoms with Gasteiger partial charge in [-0.3, -0.25) is 4.79 Å². The number of rotatable bonds is 1. The fraction of sp³-hybridized carbons (Fsp3) is 0.125. The number of hydrogen-bond donors (Lipinski definition) is 1. The summed E-state index contributed by atoms with van der Waals surface area (Å²) < 4.78 is 35.3. The lowest BCUT2D eigenvalue weighted by molar-refractivity contribution is -0.167. The second-order valence-corrected chi connectivity index (χ2v) is 2.71. The molecule has 0 bridgehead atoms. The Labute approximate surface area is 71.4 Å². The minimum Gasteiger partial charge on any atom is -0.318 e. The van der Waals surface area contributed by atoms with Crippen molar-refractivity contribution in [2.24, 2.45) is 0 Å². The van der Waals surface area contributed by atoms with Gasteiger partial charge in [0.2, 0.25) is 0 Å². The molecule has 13 heavy (non-hydrogen) atoms. The van der Waals surface area contributed by atoms with Crippen molar-refractivity contribution in [3.8, 4) is 11.1 Å². The van der Waals surface area contributed by atoms with E-state index in [0.717, 1.165) is 5.56 Å². The molecule has 2 aliphatic rings. The first-order chi connectivity index (χ1) is 5.98. The van der Waals surface area contributed by atoms with Crippen LogP contribution in [-0.2, 0) is 4.79 Å². The van der Waals surface area contributed by atoms with E-state index in [4.69, 9.17) is 0 Å². The van der Waals surface area contributed by atoms with E-state index in [9.17, 15) is 18.0 Å². The first-order valence-electron chi connectivity index (χ1n) is 3.51. The van der Waals surface area contributed by atoms with Gasteiger partial charge in [0, 0.05) is 11.3 Å². The standard InChI is InChI=1S/C8H4F3NO/c9-8(10,11)7(13)12-6-2-1-4-3-5(4)6/h1-3H,(H,12,13). The van der Waals surface area contributed by atoms with E-state index in [-0.39, 0.29) is 5.69 Å². The van der Waals surface area contributed by atoms with Gasteiger partial charge in [-0.25, -0.2) is 0 Å². The molecule has 2 aliphatic carbocycles. The zero-order valence-corrected chi connectivity index (χ0v) is 6.27. The normalized spacial score (nSPS) is 12.5. The molecule has 0 saturated carbocycles. The number of benzene rings is 1. The predicted octanol–water partition coefficient (Wildman–Crippen LogP) is 2.17. The molecule has 0 aromatic heterocycles. The number of carbonyl (C=O) groups is 1. The van der Waals surface area contributed by atoms with Crippen molar-refractivity contribution in [1.82, 2.24) is 0 Å². The minimum atomic E-state index is -4.82. The van der Waals surface area contributed by atoms with Gasteiger partial charge in [0.1, 0.15) is 0 Å². The van der Waals surface area contributed by atoms with Crippen LogP contribution in [0.2, 0.25) is 0 Å². The van der Waals surface area contributed by atoms with Crippen LogP contribution >= 0.6 is 0 Å². The Morgan fingerprint density at radius 1 is 1.31 bits per heavy atom. The monoisotopic (exact) mass is 187 g/mol. The molecular weight excluding hydrogens is 183 g/mol. The van der Waals surface area contributed by atoms with Gasteiger partial charge in [-0.2, -0.15) is 13.2 Å². The summed E-state index contributed by atoms with van der Waals surface area (Å²) in [6, 6.07) is 4.81. The molecule has 68 valence electrons. The Morgan fingerprint density at radius 3 is 2.38 bits per heavy atom. The van der Waals surface area contributed by atoms with Crippen LogP contribution in [0.4, 0.5) is 18.9 Å². The minimum absolute atomic E-state index is 0.234. The zero-order valence-electron chi connectivity index (χ0n) is 6.27. The van der Waals surface area contributed by atoms with E-state index in [1.807, 2.05) is 0 Å². The molecule has 0 atom stereocenters. The molecule has 0 aliphatic heterocycles. The summed E-state index contributed by atoms with van der Waals surface area (Å²) >= 11 is 0. The number of anilines is 1. The lowest BCUT2D eigenvalue weighted by atomic mass is 10.4. The number of halogens is 3. The summed E-state index contributed by atoms with van der Waals surface area (Å²) in [6.45, 7) is 0. The van der Waals surface area contributed by atoms with Gasteiger partial charge in [0.25, 0.3) is 0 Å². The van der Waals surface area contributed by atoms with Crippen molar-refractivity contribution in [2.45, 2.75) is 6.18 Å². The van der Waals surface area contributed by atoms with Crippen LogP contribution < -0.4 is 5.32 Å². The molecule has 0 unspecified atom stereocenters. The molecule has 5 heteroatoms. The number of nitrogens with one attached hydrogen (secondary N) is 1. The summed E-state index contributed by atoms with van der Waals surface area (Å²) in [4.78, 5) is 10.5. The van der Waals surface area contributed by atoms with Crippen LogP contribution in [0.25, 0.3) is 11.1 Å². The fourth-order valence-electron chi connectivity index (χ4n) is 1.06. The molecule has 2 nitrogen and oxygen atoms in total. The summed E-state index contributed by atoms with van der Waals surface area (Å²) in [5.74, 6) is -1.93. The highest BCUT2D eigenvalue weighted by Crippen LogP contribution is 2.42. The van der Waals surface area contributed by atoms with Crippen molar-refractivity contribution in [1.29, 1.82) is 0 Å². The maximum absolute atomic E-state index is 11.8. The first-order valence-corrected chi connectivity index (χ1v) is 3.51. The Balaban J connectivity index is 2.08. The Bertz CT molecular complexity index is 383. The molecule has 0 fully saturated rings. The highest BCUT2D eigenvalue weighted by Gasteiger charge is 2.39. The van der Waals surface area contributed by atoms with Crippen molar-refractivity contribution in [3.05, 3.63) is 18.2 Å². The summed E-state index contributed by atoms with van der Waals surface area (Å²) in [5, 5.41) is 1.79. The largest absolute Gasteiger partial charge is 0.471 e. The molecule has 0 aromatic carbocycles. The number of carbonyl (C=O) groups excluding carboxylic acids is 1. The van der Waals surface area contributed by atoms with E-state index in [1.54, 1.807) is 17.4 Å². The molecule has 0 heterocycles. The third kappa shape index (κ3) is 1.37. The van der Waals surface area contributed by atoms with Crippen molar-refractivity contribution < 1.29 is 18.0 Å². The average molecular weight is 187 g/mol. The van der Waals surface area contributed by atoms with Gasteiger partial charge in [0.15, 0.2) is 0 Å². The first kappa shape index (κ1) is 8.10. The second kappa shape index (κ2) is 2.25. The lowest BCUT2D eigenvalue weighted by Gasteiger charge is -2.05. The third-order valence-electron chi connectivity index (χ3n) is 1.75. The fourth-order valence-corrected chi connectivity index (χ4v) is 1.06. The van der Waals surface area contributed by atoms with Gasteiger partial charge in [-0.1, -0.05) is 6.07 Å². The Morgan fingerprint density at radius 2 is 2.00 bits per heavy atom. The van der Waals surface area contributed by atoms with Crippen LogP contribution in [-0.4, -0.2) is 12.1 Å². The van der Waals surface area contributed by atoms with Gasteiger partial charge in [0.05, 0.1) is 0 Å². The van der Waals surface area contributed by atoms with Crippen molar-refractivity contribution in [2.75, 3.05) is 5.32 Å². The van der Waals surface area contributed by atoms with Crippen LogP contribution in [0.5, 0.6) is 0 Å². The van der Waals surface area contributed by atoms with Crippen LogP contribution in [0.15, 0.2) is 18.2 Å². The van der Waals surface area contributed by atoms with Crippen molar-refractivity contribution >= 4 is 11.6 Å². The second-order valence-electron chi connectivity index (χ2n) is 2.71. The van der Waals surface area contributed by atoms with Gasteiger partial charge in [-0.05, 0) is 17.7 Å². The van der Waals surface area contributed by atoms with Crippen LogP contribution in [0.1, 0.15) is 0 Å². The van der Waals surface area contributed by atoms with Crippen LogP contribution in [0.3, 0.4) is 0 Å². The molecule has 0 aromatic rings. The van der Waals surface area contributed by atoms with Crippen molar-refractivity contribution in [3.63, 3.8) is 0 Å². The summed E-state index contributed by atoms with van der Waals surface area (Å²) in [7, 11) is 0. The number of hydrogen-bond acceptors (Lipinski definition) is 1. The van der Waals surface area contributed by atoms with Crippen LogP contribution in [0, 0.1) is 0 Å². The summed E-state index contributed by atoms with van der Waals surface area (Å²) in [6.07, 6.45) is -4.82. The van der Waals surface area contributed by atoms with E-state index in [0.29, 0.717) is 5.56 Å². The van der Waals surface area contributed by atoms with E-state index >= 15 is 0 Å². The van der Waals surface area contributed by atoms with E-state index < -0.39 is 12.1 Å². The van der Waals surface area contributed by atoms with E-state index in [2.05, 4.69) is 0 Å². The topological polar surface area (TPSA) is 29.1 Å². The number of alkyl halides is 3. The Hall–Kier alpha value is -1.52. The van der Waals surface area contributed by atoms with Gasteiger partial charge < -0.3 is 5.32 Å². The maximum atomic E-state index is 11.8. The maximum Gasteiger partial charge on any atom is 0.471 e. The van der Waals surface area contributed by atoms with Gasteiger partial charge >= 0.3 is 12.1 Å². The number of fused-ring (bicyclic) bond motifs is 1. The molecule has 1 amide bonds. The third-order valence-corrected chi connectivity index (χ3v) is 1.75. The van der Waals surface area contributed by atoms with E-state index in [1.165, 1.54) is 6.07 Å². The molecule has 1 N–H and O–H groups in total. The smallest absolute Gasteiger partial charge is 0.318 e. The quantitative estimate of drug-likeness (QED) is 0.728. The zero-order chi connectivity index (χ0) is 9.64. The van der Waals surface area contributed by atoms with Gasteiger partial charge in [-0.15, -0.1) is 0 Å². The lowest BCUT2D eigenvalue weighted by Crippen LogP contribution is -2.29. The Kier molecular flexibility index (Phi) is 1.40. The molecule has 0 radical (unpaired) electrons. The SMILES string of the molecule is O=C(Nc1ccc2cc1-2)C(F)(F)F. The highest BCUT2D eigenvalue weighted by molar-refractivity contribution is 6.03. The summed E-state index contributed by atoms with van der Waals surface area (Å²) in [5.41, 5.74) is 1.81. The highest BCUT2D eigenvalue weighted by atomic mass is 19.4. The molecule has 0 saturated heterocycles. The number of amides is 1. The molecule has 2 rings (SSSR count). The predicted molar refractivity (Wildman–Crippen MR) is 40.1 cm³/mol. The molecular formula is C8H4F3NO.